The van der Waals surface area contributed by atoms with Crippen LogP contribution in [0.2, 0.25) is 5.02 Å². The van der Waals surface area contributed by atoms with E-state index in [-0.39, 0.29) is 17.9 Å². The summed E-state index contributed by atoms with van der Waals surface area (Å²) in [5.74, 6) is 0.957. The molecule has 1 amide bonds. The molecule has 0 aliphatic carbocycles. The van der Waals surface area contributed by atoms with Gasteiger partial charge >= 0.3 is 0 Å². The first-order chi connectivity index (χ1) is 13.1. The molecule has 1 fully saturated rings. The van der Waals surface area contributed by atoms with Gasteiger partial charge in [0.25, 0.3) is 0 Å². The fraction of sp³-hybridized carbons (Fsp3) is 0.333. The van der Waals surface area contributed by atoms with Crippen LogP contribution >= 0.6 is 11.6 Å². The number of rotatable bonds is 4. The summed E-state index contributed by atoms with van der Waals surface area (Å²) >= 11 is 5.90. The first kappa shape index (κ1) is 18.0. The standard InChI is InChI=1S/C21H22ClN3O2/c1-14(20(26)23-17-10-8-16(22)9-11-17)25-12-4-5-15(13-25)21-24-18-6-2-3-7-19(18)27-21/h2-3,6-11,14-15H,4-5,12-13H2,1H3,(H,23,26). The average Bonchev–Trinajstić information content (AvgIpc) is 3.13. The van der Waals surface area contributed by atoms with Gasteiger partial charge in [0.05, 0.1) is 6.04 Å². The Labute approximate surface area is 163 Å². The lowest BCUT2D eigenvalue weighted by Gasteiger charge is -2.34. The van der Waals surface area contributed by atoms with E-state index >= 15 is 0 Å². The summed E-state index contributed by atoms with van der Waals surface area (Å²) in [6.45, 7) is 3.60. The Kier molecular flexibility index (Phi) is 5.14. The van der Waals surface area contributed by atoms with Crippen LogP contribution in [0.15, 0.2) is 52.9 Å². The number of oxazole rings is 1. The van der Waals surface area contributed by atoms with Crippen LogP contribution < -0.4 is 5.32 Å². The molecular formula is C21H22ClN3O2. The molecule has 5 nitrogen and oxygen atoms in total. The zero-order chi connectivity index (χ0) is 18.8. The molecule has 2 atom stereocenters. The number of amides is 1. The van der Waals surface area contributed by atoms with E-state index in [2.05, 4.69) is 15.2 Å². The molecule has 1 saturated heterocycles. The van der Waals surface area contributed by atoms with Gasteiger partial charge in [0.2, 0.25) is 5.91 Å². The molecule has 1 N–H and O–H groups in total. The molecule has 3 aromatic rings. The smallest absolute Gasteiger partial charge is 0.241 e. The molecule has 2 aromatic carbocycles. The van der Waals surface area contributed by atoms with Gasteiger partial charge in [-0.25, -0.2) is 4.98 Å². The van der Waals surface area contributed by atoms with Crippen molar-refractivity contribution in [1.82, 2.24) is 9.88 Å². The highest BCUT2D eigenvalue weighted by atomic mass is 35.5. The summed E-state index contributed by atoms with van der Waals surface area (Å²) in [5, 5.41) is 3.62. The van der Waals surface area contributed by atoms with Crippen LogP contribution in [-0.4, -0.2) is 34.9 Å². The Hall–Kier alpha value is -2.37. The van der Waals surface area contributed by atoms with Crippen molar-refractivity contribution in [3.05, 3.63) is 59.4 Å². The van der Waals surface area contributed by atoms with Crippen LogP contribution in [0.3, 0.4) is 0 Å². The lowest BCUT2D eigenvalue weighted by atomic mass is 9.96. The van der Waals surface area contributed by atoms with Gasteiger partial charge in [-0.05, 0) is 62.7 Å². The monoisotopic (exact) mass is 383 g/mol. The van der Waals surface area contributed by atoms with Gasteiger partial charge in [0, 0.05) is 23.2 Å². The van der Waals surface area contributed by atoms with Crippen molar-refractivity contribution in [2.24, 2.45) is 0 Å². The predicted molar refractivity (Wildman–Crippen MR) is 107 cm³/mol. The average molecular weight is 384 g/mol. The third kappa shape index (κ3) is 3.99. The second-order valence-electron chi connectivity index (χ2n) is 7.03. The maximum Gasteiger partial charge on any atom is 0.241 e. The van der Waals surface area contributed by atoms with Crippen molar-refractivity contribution in [1.29, 1.82) is 0 Å². The van der Waals surface area contributed by atoms with Crippen LogP contribution in [0.25, 0.3) is 11.1 Å². The van der Waals surface area contributed by atoms with Gasteiger partial charge in [0.15, 0.2) is 11.5 Å². The lowest BCUT2D eigenvalue weighted by molar-refractivity contribution is -0.121. The number of anilines is 1. The SMILES string of the molecule is CC(C(=O)Nc1ccc(Cl)cc1)N1CCCC(c2nc3ccccc3o2)C1. The van der Waals surface area contributed by atoms with E-state index in [1.165, 1.54) is 0 Å². The Morgan fingerprint density at radius 2 is 2.04 bits per heavy atom. The highest BCUT2D eigenvalue weighted by molar-refractivity contribution is 6.30. The van der Waals surface area contributed by atoms with Gasteiger partial charge in [0.1, 0.15) is 5.52 Å². The van der Waals surface area contributed by atoms with Crippen LogP contribution in [0.1, 0.15) is 31.6 Å². The molecule has 1 aliphatic rings. The number of fused-ring (bicyclic) bond motifs is 1. The molecule has 1 aromatic heterocycles. The number of hydrogen-bond donors (Lipinski definition) is 1. The van der Waals surface area contributed by atoms with Crippen molar-refractivity contribution in [2.45, 2.75) is 31.7 Å². The molecule has 0 saturated carbocycles. The Bertz CT molecular complexity index is 905. The molecule has 0 bridgehead atoms. The molecule has 1 aliphatic heterocycles. The van der Waals surface area contributed by atoms with Crippen LogP contribution in [-0.2, 0) is 4.79 Å². The van der Waals surface area contributed by atoms with Gasteiger partial charge in [-0.1, -0.05) is 23.7 Å². The maximum atomic E-state index is 12.7. The minimum atomic E-state index is -0.229. The van der Waals surface area contributed by atoms with Crippen LogP contribution in [0.5, 0.6) is 0 Å². The fourth-order valence-corrected chi connectivity index (χ4v) is 3.70. The Balaban J connectivity index is 1.43. The molecule has 0 spiro atoms. The summed E-state index contributed by atoms with van der Waals surface area (Å²) in [4.78, 5) is 19.5. The van der Waals surface area contributed by atoms with Gasteiger partial charge in [-0.15, -0.1) is 0 Å². The van der Waals surface area contributed by atoms with E-state index in [0.29, 0.717) is 5.02 Å². The number of halogens is 1. The molecule has 0 radical (unpaired) electrons. The first-order valence-corrected chi connectivity index (χ1v) is 9.64. The van der Waals surface area contributed by atoms with Gasteiger partial charge < -0.3 is 9.73 Å². The number of carbonyl (C=O) groups is 1. The van der Waals surface area contributed by atoms with E-state index < -0.39 is 0 Å². The lowest BCUT2D eigenvalue weighted by Crippen LogP contribution is -2.46. The van der Waals surface area contributed by atoms with E-state index in [0.717, 1.165) is 48.6 Å². The molecule has 2 unspecified atom stereocenters. The second-order valence-corrected chi connectivity index (χ2v) is 7.46. The van der Waals surface area contributed by atoms with Gasteiger partial charge in [-0.3, -0.25) is 9.69 Å². The summed E-state index contributed by atoms with van der Waals surface area (Å²) in [6.07, 6.45) is 2.04. The maximum absolute atomic E-state index is 12.7. The highest BCUT2D eigenvalue weighted by Crippen LogP contribution is 2.30. The minimum Gasteiger partial charge on any atom is -0.440 e. The second kappa shape index (κ2) is 7.71. The van der Waals surface area contributed by atoms with Crippen LogP contribution in [0, 0.1) is 0 Å². The third-order valence-corrected chi connectivity index (χ3v) is 5.40. The van der Waals surface area contributed by atoms with E-state index in [1.807, 2.05) is 43.3 Å². The fourth-order valence-electron chi connectivity index (χ4n) is 3.57. The van der Waals surface area contributed by atoms with E-state index in [4.69, 9.17) is 16.0 Å². The van der Waals surface area contributed by atoms with Crippen molar-refractivity contribution in [2.75, 3.05) is 18.4 Å². The Morgan fingerprint density at radius 3 is 2.81 bits per heavy atom. The van der Waals surface area contributed by atoms with E-state index in [1.54, 1.807) is 12.1 Å². The normalized spacial score (nSPS) is 19.1. The predicted octanol–water partition coefficient (Wildman–Crippen LogP) is 4.69. The molecular weight excluding hydrogens is 362 g/mol. The molecule has 2 heterocycles. The van der Waals surface area contributed by atoms with Gasteiger partial charge in [-0.2, -0.15) is 0 Å². The molecule has 4 rings (SSSR count). The third-order valence-electron chi connectivity index (χ3n) is 5.15. The van der Waals surface area contributed by atoms with E-state index in [9.17, 15) is 4.79 Å². The van der Waals surface area contributed by atoms with Crippen LogP contribution in [0.4, 0.5) is 5.69 Å². The van der Waals surface area contributed by atoms with Crippen molar-refractivity contribution in [3.63, 3.8) is 0 Å². The van der Waals surface area contributed by atoms with Crippen molar-refractivity contribution in [3.8, 4) is 0 Å². The van der Waals surface area contributed by atoms with Crippen molar-refractivity contribution >= 4 is 34.3 Å². The highest BCUT2D eigenvalue weighted by Gasteiger charge is 2.30. The number of hydrogen-bond acceptors (Lipinski definition) is 4. The summed E-state index contributed by atoms with van der Waals surface area (Å²) in [5.41, 5.74) is 2.46. The first-order valence-electron chi connectivity index (χ1n) is 9.26. The number of likely N-dealkylation sites (tertiary alicyclic amines) is 1. The largest absolute Gasteiger partial charge is 0.440 e. The number of nitrogens with zero attached hydrogens (tertiary/aromatic N) is 2. The number of para-hydroxylation sites is 2. The number of nitrogens with one attached hydrogen (secondary N) is 1. The molecule has 6 heteroatoms. The summed E-state index contributed by atoms with van der Waals surface area (Å²) < 4.78 is 5.95. The minimum absolute atomic E-state index is 0.0180. The summed E-state index contributed by atoms with van der Waals surface area (Å²) in [7, 11) is 0. The number of aromatic nitrogens is 1. The zero-order valence-corrected chi connectivity index (χ0v) is 15.9. The Morgan fingerprint density at radius 1 is 1.26 bits per heavy atom. The quantitative estimate of drug-likeness (QED) is 0.710. The number of piperidine rings is 1. The molecule has 140 valence electrons. The molecule has 27 heavy (non-hydrogen) atoms. The summed E-state index contributed by atoms with van der Waals surface area (Å²) in [6, 6.07) is 14.7. The number of benzene rings is 2. The number of carbonyl (C=O) groups excluding carboxylic acids is 1. The van der Waals surface area contributed by atoms with Crippen molar-refractivity contribution < 1.29 is 9.21 Å². The topological polar surface area (TPSA) is 58.4 Å². The zero-order valence-electron chi connectivity index (χ0n) is 15.2.